The minimum Gasteiger partial charge on any atom is -0.472 e. The SMILES string of the molecule is CN=C(NCc1ccoc1)NCC1(SC)CCOCC1. The van der Waals surface area contributed by atoms with Crippen LogP contribution in [0, 0.1) is 0 Å². The van der Waals surface area contributed by atoms with Crippen molar-refractivity contribution in [3.8, 4) is 0 Å². The Hall–Kier alpha value is -1.14. The lowest BCUT2D eigenvalue weighted by molar-refractivity contribution is 0.0783. The maximum absolute atomic E-state index is 5.46. The molecule has 6 heteroatoms. The third kappa shape index (κ3) is 4.18. The zero-order chi connectivity index (χ0) is 14.3. The van der Waals surface area contributed by atoms with E-state index >= 15 is 0 Å². The van der Waals surface area contributed by atoms with Crippen molar-refractivity contribution >= 4 is 17.7 Å². The molecule has 0 aliphatic carbocycles. The van der Waals surface area contributed by atoms with Gasteiger partial charge in [0.25, 0.3) is 0 Å². The standard InChI is InChI=1S/C14H23N3O2S/c1-15-13(16-9-12-3-6-19-10-12)17-11-14(20-2)4-7-18-8-5-14/h3,6,10H,4-5,7-9,11H2,1-2H3,(H2,15,16,17). The largest absolute Gasteiger partial charge is 0.472 e. The van der Waals surface area contributed by atoms with Gasteiger partial charge in [-0.25, -0.2) is 0 Å². The molecule has 0 saturated carbocycles. The van der Waals surface area contributed by atoms with Gasteiger partial charge in [-0.05, 0) is 25.2 Å². The number of rotatable bonds is 5. The van der Waals surface area contributed by atoms with Crippen LogP contribution in [0.2, 0.25) is 0 Å². The first-order valence-electron chi connectivity index (χ1n) is 6.86. The highest BCUT2D eigenvalue weighted by Crippen LogP contribution is 2.32. The van der Waals surface area contributed by atoms with E-state index < -0.39 is 0 Å². The Morgan fingerprint density at radius 3 is 2.80 bits per heavy atom. The zero-order valence-corrected chi connectivity index (χ0v) is 13.0. The molecule has 1 aliphatic rings. The summed E-state index contributed by atoms with van der Waals surface area (Å²) in [5, 5.41) is 6.72. The average molecular weight is 297 g/mol. The molecule has 1 saturated heterocycles. The summed E-state index contributed by atoms with van der Waals surface area (Å²) in [6, 6.07) is 1.95. The van der Waals surface area contributed by atoms with E-state index in [1.165, 1.54) is 0 Å². The zero-order valence-electron chi connectivity index (χ0n) is 12.1. The highest BCUT2D eigenvalue weighted by atomic mass is 32.2. The quantitative estimate of drug-likeness (QED) is 0.642. The molecule has 0 spiro atoms. The van der Waals surface area contributed by atoms with E-state index in [-0.39, 0.29) is 4.75 Å². The molecule has 1 fully saturated rings. The fourth-order valence-electron chi connectivity index (χ4n) is 2.24. The molecule has 2 heterocycles. The fourth-order valence-corrected chi connectivity index (χ4v) is 3.03. The fraction of sp³-hybridized carbons (Fsp3) is 0.643. The molecule has 1 aromatic rings. The van der Waals surface area contributed by atoms with Gasteiger partial charge in [0.15, 0.2) is 5.96 Å². The smallest absolute Gasteiger partial charge is 0.191 e. The van der Waals surface area contributed by atoms with Gasteiger partial charge in [0.1, 0.15) is 0 Å². The normalized spacial score (nSPS) is 18.8. The predicted octanol–water partition coefficient (Wildman–Crippen LogP) is 1.86. The first-order chi connectivity index (χ1) is 9.78. The molecule has 0 unspecified atom stereocenters. The van der Waals surface area contributed by atoms with Crippen LogP contribution in [0.5, 0.6) is 0 Å². The van der Waals surface area contributed by atoms with Crippen molar-refractivity contribution < 1.29 is 9.15 Å². The summed E-state index contributed by atoms with van der Waals surface area (Å²) in [6.07, 6.45) is 7.76. The Balaban J connectivity index is 1.80. The molecule has 20 heavy (non-hydrogen) atoms. The van der Waals surface area contributed by atoms with E-state index in [0.717, 1.165) is 44.1 Å². The summed E-state index contributed by atoms with van der Waals surface area (Å²) >= 11 is 1.92. The molecular weight excluding hydrogens is 274 g/mol. The molecule has 5 nitrogen and oxygen atoms in total. The van der Waals surface area contributed by atoms with Gasteiger partial charge in [0.2, 0.25) is 0 Å². The lowest BCUT2D eigenvalue weighted by atomic mass is 9.99. The maximum atomic E-state index is 5.46. The molecule has 1 aliphatic heterocycles. The molecule has 2 N–H and O–H groups in total. The molecule has 0 atom stereocenters. The van der Waals surface area contributed by atoms with Gasteiger partial charge in [0, 0.05) is 43.7 Å². The first-order valence-corrected chi connectivity index (χ1v) is 8.09. The van der Waals surface area contributed by atoms with E-state index in [2.05, 4.69) is 21.9 Å². The predicted molar refractivity (Wildman–Crippen MR) is 83.2 cm³/mol. The van der Waals surface area contributed by atoms with Gasteiger partial charge in [-0.1, -0.05) is 0 Å². The Morgan fingerprint density at radius 2 is 2.20 bits per heavy atom. The van der Waals surface area contributed by atoms with Gasteiger partial charge in [-0.2, -0.15) is 11.8 Å². The number of hydrogen-bond donors (Lipinski definition) is 2. The maximum Gasteiger partial charge on any atom is 0.191 e. The van der Waals surface area contributed by atoms with Crippen molar-refractivity contribution in [3.05, 3.63) is 24.2 Å². The lowest BCUT2D eigenvalue weighted by Gasteiger charge is -2.36. The van der Waals surface area contributed by atoms with Crippen molar-refractivity contribution in [1.29, 1.82) is 0 Å². The summed E-state index contributed by atoms with van der Waals surface area (Å²) in [5.41, 5.74) is 1.11. The number of aliphatic imine (C=N–C) groups is 1. The highest BCUT2D eigenvalue weighted by molar-refractivity contribution is 8.00. The van der Waals surface area contributed by atoms with E-state index in [0.29, 0.717) is 6.54 Å². The van der Waals surface area contributed by atoms with Crippen molar-refractivity contribution in [1.82, 2.24) is 10.6 Å². The summed E-state index contributed by atoms with van der Waals surface area (Å²) < 4.78 is 10.8. The Labute approximate surface area is 124 Å². The van der Waals surface area contributed by atoms with Gasteiger partial charge in [0.05, 0.1) is 12.5 Å². The molecule has 1 aromatic heterocycles. The van der Waals surface area contributed by atoms with Crippen LogP contribution in [-0.4, -0.2) is 43.8 Å². The van der Waals surface area contributed by atoms with Crippen molar-refractivity contribution in [2.45, 2.75) is 24.1 Å². The third-order valence-electron chi connectivity index (χ3n) is 3.68. The van der Waals surface area contributed by atoms with Crippen LogP contribution < -0.4 is 10.6 Å². The van der Waals surface area contributed by atoms with Gasteiger partial charge < -0.3 is 19.8 Å². The second kappa shape index (κ2) is 7.59. The number of thioether (sulfide) groups is 1. The Bertz CT molecular complexity index is 414. The molecule has 2 rings (SSSR count). The van der Waals surface area contributed by atoms with Crippen LogP contribution in [0.1, 0.15) is 18.4 Å². The van der Waals surface area contributed by atoms with E-state index in [1.54, 1.807) is 19.6 Å². The van der Waals surface area contributed by atoms with Gasteiger partial charge >= 0.3 is 0 Å². The summed E-state index contributed by atoms with van der Waals surface area (Å²) in [5.74, 6) is 0.825. The Morgan fingerprint density at radius 1 is 1.40 bits per heavy atom. The molecule has 0 amide bonds. The lowest BCUT2D eigenvalue weighted by Crippen LogP contribution is -2.47. The topological polar surface area (TPSA) is 58.8 Å². The van der Waals surface area contributed by atoms with E-state index in [1.807, 2.05) is 17.8 Å². The Kier molecular flexibility index (Phi) is 5.79. The summed E-state index contributed by atoms with van der Waals surface area (Å²) in [7, 11) is 1.79. The van der Waals surface area contributed by atoms with Crippen molar-refractivity contribution in [2.75, 3.05) is 33.1 Å². The molecular formula is C14H23N3O2S. The number of furan rings is 1. The van der Waals surface area contributed by atoms with Crippen LogP contribution >= 0.6 is 11.8 Å². The van der Waals surface area contributed by atoms with Gasteiger partial charge in [-0.3, -0.25) is 4.99 Å². The molecule has 0 aromatic carbocycles. The minimum atomic E-state index is 0.255. The molecule has 112 valence electrons. The van der Waals surface area contributed by atoms with Crippen LogP contribution in [0.4, 0.5) is 0 Å². The van der Waals surface area contributed by atoms with Crippen molar-refractivity contribution in [3.63, 3.8) is 0 Å². The summed E-state index contributed by atoms with van der Waals surface area (Å²) in [4.78, 5) is 4.26. The van der Waals surface area contributed by atoms with Crippen LogP contribution in [-0.2, 0) is 11.3 Å². The monoisotopic (exact) mass is 297 g/mol. The molecule has 0 bridgehead atoms. The minimum absolute atomic E-state index is 0.255. The highest BCUT2D eigenvalue weighted by Gasteiger charge is 2.31. The number of guanidine groups is 1. The van der Waals surface area contributed by atoms with Crippen LogP contribution in [0.25, 0.3) is 0 Å². The number of ether oxygens (including phenoxy) is 1. The van der Waals surface area contributed by atoms with Gasteiger partial charge in [-0.15, -0.1) is 0 Å². The average Bonchev–Trinajstić information content (AvgIpc) is 3.02. The third-order valence-corrected chi connectivity index (χ3v) is 5.10. The van der Waals surface area contributed by atoms with E-state index in [4.69, 9.17) is 9.15 Å². The number of nitrogens with one attached hydrogen (secondary N) is 2. The summed E-state index contributed by atoms with van der Waals surface area (Å²) in [6.45, 7) is 3.32. The first kappa shape index (κ1) is 15.3. The second-order valence-electron chi connectivity index (χ2n) is 4.91. The van der Waals surface area contributed by atoms with Crippen LogP contribution in [0.3, 0.4) is 0 Å². The van der Waals surface area contributed by atoms with Crippen LogP contribution in [0.15, 0.2) is 28.0 Å². The number of hydrogen-bond acceptors (Lipinski definition) is 4. The van der Waals surface area contributed by atoms with Crippen molar-refractivity contribution in [2.24, 2.45) is 4.99 Å². The molecule has 0 radical (unpaired) electrons. The second-order valence-corrected chi connectivity index (χ2v) is 6.18. The van der Waals surface area contributed by atoms with E-state index in [9.17, 15) is 0 Å². The number of nitrogens with zero attached hydrogens (tertiary/aromatic N) is 1.